The van der Waals surface area contributed by atoms with E-state index in [2.05, 4.69) is 17.1 Å². The number of carbonyl (C=O) groups is 1. The Morgan fingerprint density at radius 2 is 1.75 bits per heavy atom. The van der Waals surface area contributed by atoms with Crippen molar-refractivity contribution in [1.29, 1.82) is 0 Å². The van der Waals surface area contributed by atoms with E-state index in [0.29, 0.717) is 36.0 Å². The minimum atomic E-state index is -3.79. The average Bonchev–Trinajstić information content (AvgIpc) is 2.94. The lowest BCUT2D eigenvalue weighted by Crippen LogP contribution is -2.58. The lowest BCUT2D eigenvalue weighted by Gasteiger charge is -2.44. The maximum Gasteiger partial charge on any atom is 0.260 e. The Kier molecular flexibility index (Phi) is 9.84. The average molecular weight is 588 g/mol. The van der Waals surface area contributed by atoms with Gasteiger partial charge in [-0.15, -0.1) is 0 Å². The number of sulfone groups is 1. The number of rotatable bonds is 10. The molecule has 7 nitrogen and oxygen atoms in total. The Morgan fingerprint density at radius 3 is 2.42 bits per heavy atom. The predicted octanol–water partition coefficient (Wildman–Crippen LogP) is 4.71. The molecular formula is C30H35ClFN3O4S. The van der Waals surface area contributed by atoms with Crippen LogP contribution in [0.15, 0.2) is 77.7 Å². The molecule has 214 valence electrons. The Hall–Kier alpha value is -2.98. The molecule has 0 bridgehead atoms. The molecule has 0 aromatic heterocycles. The monoisotopic (exact) mass is 587 g/mol. The van der Waals surface area contributed by atoms with E-state index in [1.54, 1.807) is 72.6 Å². The summed E-state index contributed by atoms with van der Waals surface area (Å²) < 4.78 is 46.5. The van der Waals surface area contributed by atoms with Gasteiger partial charge in [0.25, 0.3) is 5.91 Å². The maximum atomic E-state index is 13.6. The summed E-state index contributed by atoms with van der Waals surface area (Å²) in [6.45, 7) is 5.79. The second kappa shape index (κ2) is 13.1. The number of likely N-dealkylation sites (N-methyl/N-ethyl adjacent to an activating group) is 1. The van der Waals surface area contributed by atoms with Crippen molar-refractivity contribution in [3.05, 3.63) is 94.8 Å². The third kappa shape index (κ3) is 7.01. The van der Waals surface area contributed by atoms with E-state index in [9.17, 15) is 17.6 Å². The minimum absolute atomic E-state index is 0.0621. The van der Waals surface area contributed by atoms with Crippen LogP contribution >= 0.6 is 11.6 Å². The van der Waals surface area contributed by atoms with Crippen molar-refractivity contribution >= 4 is 27.3 Å². The van der Waals surface area contributed by atoms with Crippen molar-refractivity contribution in [3.8, 4) is 5.75 Å². The minimum Gasteiger partial charge on any atom is -0.483 e. The molecule has 40 heavy (non-hydrogen) atoms. The molecule has 0 saturated carbocycles. The number of amides is 1. The third-order valence-electron chi connectivity index (χ3n) is 7.24. The highest BCUT2D eigenvalue weighted by Gasteiger charge is 2.34. The van der Waals surface area contributed by atoms with Gasteiger partial charge in [0.15, 0.2) is 16.4 Å². The van der Waals surface area contributed by atoms with Gasteiger partial charge in [0.05, 0.1) is 4.90 Å². The first-order valence-corrected chi connectivity index (χ1v) is 15.2. The topological polar surface area (TPSA) is 79.0 Å². The normalized spacial score (nSPS) is 18.9. The summed E-state index contributed by atoms with van der Waals surface area (Å²) in [5.41, 5.74) is 1.41. The summed E-state index contributed by atoms with van der Waals surface area (Å²) >= 11 is 6.29. The predicted molar refractivity (Wildman–Crippen MR) is 155 cm³/mol. The zero-order valence-corrected chi connectivity index (χ0v) is 24.5. The Labute approximate surface area is 240 Å². The maximum absolute atomic E-state index is 13.6. The number of ether oxygens (including phenoxy) is 1. The van der Waals surface area contributed by atoms with Crippen molar-refractivity contribution in [2.24, 2.45) is 0 Å². The van der Waals surface area contributed by atoms with Crippen molar-refractivity contribution in [1.82, 2.24) is 15.1 Å². The van der Waals surface area contributed by atoms with Gasteiger partial charge in [0.2, 0.25) is 0 Å². The first-order chi connectivity index (χ1) is 19.1. The van der Waals surface area contributed by atoms with E-state index < -0.39 is 15.1 Å². The summed E-state index contributed by atoms with van der Waals surface area (Å²) in [6, 6.07) is 19.6. The quantitative estimate of drug-likeness (QED) is 0.370. The molecule has 1 saturated heterocycles. The van der Waals surface area contributed by atoms with Gasteiger partial charge in [0.1, 0.15) is 16.8 Å². The lowest BCUT2D eigenvalue weighted by atomic mass is 10.1. The van der Waals surface area contributed by atoms with Crippen LogP contribution in [0.1, 0.15) is 30.2 Å². The van der Waals surface area contributed by atoms with Crippen LogP contribution in [-0.4, -0.2) is 69.5 Å². The Balaban J connectivity index is 1.48. The van der Waals surface area contributed by atoms with Crippen LogP contribution in [0.4, 0.5) is 4.39 Å². The zero-order valence-electron chi connectivity index (χ0n) is 22.9. The fourth-order valence-electron chi connectivity index (χ4n) is 5.06. The molecule has 0 spiro atoms. The zero-order chi connectivity index (χ0) is 28.9. The van der Waals surface area contributed by atoms with Crippen molar-refractivity contribution in [2.45, 2.75) is 42.6 Å². The van der Waals surface area contributed by atoms with Gasteiger partial charge in [-0.2, -0.15) is 0 Å². The molecule has 3 aromatic rings. The van der Waals surface area contributed by atoms with E-state index in [-0.39, 0.29) is 41.9 Å². The summed E-state index contributed by atoms with van der Waals surface area (Å²) in [7, 11) is -2.11. The van der Waals surface area contributed by atoms with Crippen LogP contribution in [0.3, 0.4) is 0 Å². The van der Waals surface area contributed by atoms with E-state index in [1.807, 2.05) is 6.92 Å². The van der Waals surface area contributed by atoms with Gasteiger partial charge in [-0.05, 0) is 68.9 Å². The molecule has 1 N–H and O–H groups in total. The smallest absolute Gasteiger partial charge is 0.260 e. The van der Waals surface area contributed by atoms with Crippen molar-refractivity contribution in [2.75, 3.05) is 33.3 Å². The molecule has 10 heteroatoms. The molecular weight excluding hydrogens is 553 g/mol. The standard InChI is InChI=1S/C30H35ClFN3O4S/c1-21-18-35(22(2)17-34(21)19-23-9-12-25(32)13-10-23)30(36)20-39-28-14-11-24(31)15-27(28)29(16-33-3)40(37,38)26-7-5-4-6-8-26/h4-15,21-22,29,33H,16-20H2,1-3H3/t21-,22+,29?/m1/s1. The van der Waals surface area contributed by atoms with Crippen LogP contribution < -0.4 is 10.1 Å². The molecule has 1 fully saturated rings. The largest absolute Gasteiger partial charge is 0.483 e. The molecule has 0 radical (unpaired) electrons. The molecule has 1 aliphatic rings. The molecule has 1 unspecified atom stereocenters. The fourth-order valence-corrected chi connectivity index (χ4v) is 7.01. The third-order valence-corrected chi connectivity index (χ3v) is 9.57. The van der Waals surface area contributed by atoms with Crippen LogP contribution in [0.5, 0.6) is 5.75 Å². The van der Waals surface area contributed by atoms with Gasteiger partial charge >= 0.3 is 0 Å². The number of benzene rings is 3. The number of hydrogen-bond acceptors (Lipinski definition) is 6. The Bertz CT molecular complexity index is 1410. The molecule has 0 aliphatic carbocycles. The number of carbonyl (C=O) groups excluding carboxylic acids is 1. The summed E-state index contributed by atoms with van der Waals surface area (Å²) in [4.78, 5) is 17.6. The molecule has 3 atom stereocenters. The van der Waals surface area contributed by atoms with Crippen molar-refractivity contribution < 1.29 is 22.3 Å². The first-order valence-electron chi connectivity index (χ1n) is 13.2. The number of nitrogens with zero attached hydrogens (tertiary/aromatic N) is 2. The van der Waals surface area contributed by atoms with Gasteiger partial charge in [0, 0.05) is 48.8 Å². The summed E-state index contributed by atoms with van der Waals surface area (Å²) in [6.07, 6.45) is 0. The molecule has 1 heterocycles. The van der Waals surface area contributed by atoms with E-state index in [1.165, 1.54) is 12.1 Å². The van der Waals surface area contributed by atoms with Crippen LogP contribution in [0.2, 0.25) is 5.02 Å². The number of piperazine rings is 1. The second-order valence-electron chi connectivity index (χ2n) is 10.2. The molecule has 1 aliphatic heterocycles. The van der Waals surface area contributed by atoms with E-state index >= 15 is 0 Å². The van der Waals surface area contributed by atoms with E-state index in [0.717, 1.165) is 5.56 Å². The van der Waals surface area contributed by atoms with E-state index in [4.69, 9.17) is 16.3 Å². The SMILES string of the molecule is CNCC(c1cc(Cl)ccc1OCC(=O)N1C[C@@H](C)N(Cc2ccc(F)cc2)C[C@@H]1C)S(=O)(=O)c1ccccc1. The number of nitrogens with one attached hydrogen (secondary N) is 1. The van der Waals surface area contributed by atoms with Crippen molar-refractivity contribution in [3.63, 3.8) is 0 Å². The summed E-state index contributed by atoms with van der Waals surface area (Å²) in [5, 5.41) is 2.36. The number of hydrogen-bond donors (Lipinski definition) is 1. The van der Waals surface area contributed by atoms with Crippen LogP contribution in [-0.2, 0) is 21.2 Å². The molecule has 1 amide bonds. The first kappa shape index (κ1) is 30.0. The highest BCUT2D eigenvalue weighted by atomic mass is 35.5. The highest BCUT2D eigenvalue weighted by Crippen LogP contribution is 2.36. The Morgan fingerprint density at radius 1 is 1.05 bits per heavy atom. The highest BCUT2D eigenvalue weighted by molar-refractivity contribution is 7.91. The van der Waals surface area contributed by atoms with Gasteiger partial charge in [-0.1, -0.05) is 41.9 Å². The van der Waals surface area contributed by atoms with Gasteiger partial charge < -0.3 is 15.0 Å². The summed E-state index contributed by atoms with van der Waals surface area (Å²) in [5.74, 6) is -0.148. The molecule has 4 rings (SSSR count). The second-order valence-corrected chi connectivity index (χ2v) is 12.7. The van der Waals surface area contributed by atoms with Gasteiger partial charge in [-0.3, -0.25) is 9.69 Å². The van der Waals surface area contributed by atoms with Gasteiger partial charge in [-0.25, -0.2) is 12.8 Å². The number of halogens is 2. The molecule has 3 aromatic carbocycles. The fraction of sp³-hybridized carbons (Fsp3) is 0.367. The van der Waals surface area contributed by atoms with Crippen LogP contribution in [0.25, 0.3) is 0 Å². The lowest BCUT2D eigenvalue weighted by molar-refractivity contribution is -0.139. The van der Waals surface area contributed by atoms with Crippen LogP contribution in [0, 0.1) is 5.82 Å².